The molecule has 3 rings (SSSR count). The minimum absolute atomic E-state index is 0.109. The van der Waals surface area contributed by atoms with E-state index < -0.39 is 0 Å². The SMILES string of the molecule is C=CCc1cc(C(=O)Nc2cccc(N3CCCC3=O)c2)cc(OC)c1OC. The number of ether oxygens (including phenoxy) is 2. The van der Waals surface area contributed by atoms with Gasteiger partial charge in [-0.3, -0.25) is 9.59 Å². The van der Waals surface area contributed by atoms with Gasteiger partial charge in [0.05, 0.1) is 14.2 Å². The number of benzene rings is 2. The summed E-state index contributed by atoms with van der Waals surface area (Å²) in [5.74, 6) is 0.922. The van der Waals surface area contributed by atoms with Gasteiger partial charge in [-0.1, -0.05) is 12.1 Å². The van der Waals surface area contributed by atoms with Crippen molar-refractivity contribution in [3.63, 3.8) is 0 Å². The van der Waals surface area contributed by atoms with E-state index in [0.717, 1.165) is 17.7 Å². The van der Waals surface area contributed by atoms with E-state index in [9.17, 15) is 9.59 Å². The van der Waals surface area contributed by atoms with Gasteiger partial charge in [0, 0.05) is 35.5 Å². The minimum atomic E-state index is -0.267. The number of hydrogen-bond donors (Lipinski definition) is 1. The molecule has 0 spiro atoms. The van der Waals surface area contributed by atoms with Crippen LogP contribution in [0.5, 0.6) is 11.5 Å². The predicted molar refractivity (Wildman–Crippen MR) is 109 cm³/mol. The van der Waals surface area contributed by atoms with E-state index >= 15 is 0 Å². The van der Waals surface area contributed by atoms with Crippen LogP contribution < -0.4 is 19.7 Å². The molecule has 0 unspecified atom stereocenters. The number of anilines is 2. The Morgan fingerprint density at radius 2 is 2.07 bits per heavy atom. The van der Waals surface area contributed by atoms with Gasteiger partial charge >= 0.3 is 0 Å². The first-order valence-electron chi connectivity index (χ1n) is 9.15. The Bertz CT molecular complexity index is 907. The molecule has 6 heteroatoms. The molecule has 1 aliphatic rings. The highest BCUT2D eigenvalue weighted by molar-refractivity contribution is 6.05. The molecule has 0 saturated carbocycles. The normalized spacial score (nSPS) is 13.4. The summed E-state index contributed by atoms with van der Waals surface area (Å²) in [5, 5.41) is 2.90. The van der Waals surface area contributed by atoms with E-state index in [-0.39, 0.29) is 11.8 Å². The first-order valence-corrected chi connectivity index (χ1v) is 9.15. The molecule has 1 heterocycles. The maximum Gasteiger partial charge on any atom is 0.255 e. The zero-order chi connectivity index (χ0) is 20.1. The molecule has 6 nitrogen and oxygen atoms in total. The lowest BCUT2D eigenvalue weighted by Gasteiger charge is -2.17. The van der Waals surface area contributed by atoms with Crippen molar-refractivity contribution in [2.45, 2.75) is 19.3 Å². The molecule has 0 radical (unpaired) electrons. The van der Waals surface area contributed by atoms with Crippen molar-refractivity contribution in [2.24, 2.45) is 0 Å². The highest BCUT2D eigenvalue weighted by Crippen LogP contribution is 2.33. The summed E-state index contributed by atoms with van der Waals surface area (Å²) in [7, 11) is 3.10. The second-order valence-electron chi connectivity index (χ2n) is 6.52. The summed E-state index contributed by atoms with van der Waals surface area (Å²) in [6, 6.07) is 10.7. The van der Waals surface area contributed by atoms with Crippen LogP contribution >= 0.6 is 0 Å². The van der Waals surface area contributed by atoms with Crippen molar-refractivity contribution in [1.29, 1.82) is 0 Å². The Balaban J connectivity index is 1.86. The lowest BCUT2D eigenvalue weighted by Crippen LogP contribution is -2.23. The van der Waals surface area contributed by atoms with Crippen LogP contribution in [0, 0.1) is 0 Å². The number of methoxy groups -OCH3 is 2. The number of rotatable bonds is 7. The van der Waals surface area contributed by atoms with E-state index in [1.807, 2.05) is 18.2 Å². The minimum Gasteiger partial charge on any atom is -0.493 e. The monoisotopic (exact) mass is 380 g/mol. The molecule has 0 atom stereocenters. The molecule has 0 aliphatic carbocycles. The average molecular weight is 380 g/mol. The Morgan fingerprint density at radius 1 is 1.25 bits per heavy atom. The summed E-state index contributed by atoms with van der Waals surface area (Å²) in [6.45, 7) is 4.46. The number of carbonyl (C=O) groups is 2. The molecule has 146 valence electrons. The van der Waals surface area contributed by atoms with Gasteiger partial charge in [0.25, 0.3) is 5.91 Å². The van der Waals surface area contributed by atoms with E-state index in [0.29, 0.717) is 42.1 Å². The molecule has 1 fully saturated rings. The molecule has 1 saturated heterocycles. The zero-order valence-corrected chi connectivity index (χ0v) is 16.2. The van der Waals surface area contributed by atoms with Crippen molar-refractivity contribution < 1.29 is 19.1 Å². The van der Waals surface area contributed by atoms with Crippen LogP contribution in [0.25, 0.3) is 0 Å². The number of hydrogen-bond acceptors (Lipinski definition) is 4. The van der Waals surface area contributed by atoms with Gasteiger partial charge in [0.15, 0.2) is 11.5 Å². The maximum atomic E-state index is 12.8. The van der Waals surface area contributed by atoms with Gasteiger partial charge in [-0.05, 0) is 43.2 Å². The number of nitrogens with zero attached hydrogens (tertiary/aromatic N) is 1. The first kappa shape index (κ1) is 19.5. The molecule has 0 bridgehead atoms. The smallest absolute Gasteiger partial charge is 0.255 e. The standard InChI is InChI=1S/C22H24N2O4/c1-4-7-15-12-16(13-19(27-2)21(15)28-3)22(26)23-17-8-5-9-18(14-17)24-11-6-10-20(24)25/h4-5,8-9,12-14H,1,6-7,10-11H2,2-3H3,(H,23,26). The fourth-order valence-corrected chi connectivity index (χ4v) is 3.36. The summed E-state index contributed by atoms with van der Waals surface area (Å²) in [5.41, 5.74) is 2.69. The second-order valence-corrected chi connectivity index (χ2v) is 6.52. The predicted octanol–water partition coefficient (Wildman–Crippen LogP) is 3.81. The van der Waals surface area contributed by atoms with Crippen molar-refractivity contribution in [3.8, 4) is 11.5 Å². The Kier molecular flexibility index (Phi) is 5.99. The maximum absolute atomic E-state index is 12.8. The van der Waals surface area contributed by atoms with Crippen LogP contribution in [-0.2, 0) is 11.2 Å². The summed E-state index contributed by atoms with van der Waals surface area (Å²) >= 11 is 0. The van der Waals surface area contributed by atoms with Gasteiger partial charge in [-0.15, -0.1) is 6.58 Å². The molecule has 28 heavy (non-hydrogen) atoms. The van der Waals surface area contributed by atoms with Crippen LogP contribution in [0.15, 0.2) is 49.1 Å². The Labute approximate surface area is 164 Å². The number of nitrogens with one attached hydrogen (secondary N) is 1. The van der Waals surface area contributed by atoms with Gasteiger partial charge in [-0.25, -0.2) is 0 Å². The molecule has 2 aromatic rings. The summed E-state index contributed by atoms with van der Waals surface area (Å²) in [6.07, 6.45) is 3.71. The molecule has 1 aliphatic heterocycles. The van der Waals surface area contributed by atoms with Crippen molar-refractivity contribution in [2.75, 3.05) is 31.0 Å². The fraction of sp³-hybridized carbons (Fsp3) is 0.273. The Hall–Kier alpha value is -3.28. The van der Waals surface area contributed by atoms with Crippen molar-refractivity contribution >= 4 is 23.2 Å². The quantitative estimate of drug-likeness (QED) is 0.742. The topological polar surface area (TPSA) is 67.9 Å². The molecular weight excluding hydrogens is 356 g/mol. The third-order valence-corrected chi connectivity index (χ3v) is 4.67. The van der Waals surface area contributed by atoms with Gasteiger partial charge in [0.1, 0.15) is 0 Å². The van der Waals surface area contributed by atoms with E-state index in [1.54, 1.807) is 36.3 Å². The molecule has 2 amide bonds. The van der Waals surface area contributed by atoms with Crippen molar-refractivity contribution in [3.05, 3.63) is 60.2 Å². The van der Waals surface area contributed by atoms with Crippen molar-refractivity contribution in [1.82, 2.24) is 0 Å². The van der Waals surface area contributed by atoms with Gasteiger partial charge < -0.3 is 19.7 Å². The molecule has 0 aromatic heterocycles. The van der Waals surface area contributed by atoms with Gasteiger partial charge in [0.2, 0.25) is 5.91 Å². The van der Waals surface area contributed by atoms with Crippen LogP contribution in [-0.4, -0.2) is 32.6 Å². The lowest BCUT2D eigenvalue weighted by atomic mass is 10.0. The van der Waals surface area contributed by atoms with Crippen LogP contribution in [0.2, 0.25) is 0 Å². The summed E-state index contributed by atoms with van der Waals surface area (Å²) < 4.78 is 10.8. The number of carbonyl (C=O) groups excluding carboxylic acids is 2. The Morgan fingerprint density at radius 3 is 2.71 bits per heavy atom. The second kappa shape index (κ2) is 8.61. The average Bonchev–Trinajstić information content (AvgIpc) is 3.13. The molecule has 1 N–H and O–H groups in total. The summed E-state index contributed by atoms with van der Waals surface area (Å²) in [4.78, 5) is 26.5. The number of allylic oxidation sites excluding steroid dienone is 1. The lowest BCUT2D eigenvalue weighted by molar-refractivity contribution is -0.117. The zero-order valence-electron chi connectivity index (χ0n) is 16.2. The largest absolute Gasteiger partial charge is 0.493 e. The third kappa shape index (κ3) is 4.01. The van der Waals surface area contributed by atoms with E-state index in [2.05, 4.69) is 11.9 Å². The number of amides is 2. The van der Waals surface area contributed by atoms with Gasteiger partial charge in [-0.2, -0.15) is 0 Å². The van der Waals surface area contributed by atoms with Crippen LogP contribution in [0.3, 0.4) is 0 Å². The first-order chi connectivity index (χ1) is 13.6. The third-order valence-electron chi connectivity index (χ3n) is 4.67. The fourth-order valence-electron chi connectivity index (χ4n) is 3.36. The van der Waals surface area contributed by atoms with Crippen LogP contribution in [0.1, 0.15) is 28.8 Å². The molecular formula is C22H24N2O4. The highest BCUT2D eigenvalue weighted by Gasteiger charge is 2.22. The van der Waals surface area contributed by atoms with E-state index in [4.69, 9.17) is 9.47 Å². The van der Waals surface area contributed by atoms with E-state index in [1.165, 1.54) is 7.11 Å². The highest BCUT2D eigenvalue weighted by atomic mass is 16.5. The van der Waals surface area contributed by atoms with Crippen LogP contribution in [0.4, 0.5) is 11.4 Å². The molecule has 2 aromatic carbocycles.